The molecule has 1 aromatic rings. The molecule has 134 valence electrons. The van der Waals surface area contributed by atoms with Crippen molar-refractivity contribution in [1.29, 1.82) is 0 Å². The fourth-order valence-electron chi connectivity index (χ4n) is 2.71. The van der Waals surface area contributed by atoms with E-state index in [-0.39, 0.29) is 5.91 Å². The molecule has 25 heavy (non-hydrogen) atoms. The van der Waals surface area contributed by atoms with E-state index in [9.17, 15) is 9.59 Å². The van der Waals surface area contributed by atoms with Gasteiger partial charge in [0.1, 0.15) is 0 Å². The smallest absolute Gasteiger partial charge is 0.337 e. The first-order chi connectivity index (χ1) is 11.9. The third kappa shape index (κ3) is 4.17. The van der Waals surface area contributed by atoms with E-state index in [4.69, 9.17) is 17.0 Å². The van der Waals surface area contributed by atoms with E-state index < -0.39 is 12.0 Å². The number of benzene rings is 1. The first-order valence-electron chi connectivity index (χ1n) is 8.12. The SMILES string of the molecule is CCCC(=O)Nc1cccc([C@@H]2NC(=S)N(C)C(C)=C2C(=O)OC)c1. The monoisotopic (exact) mass is 361 g/mol. The summed E-state index contributed by atoms with van der Waals surface area (Å²) in [5.41, 5.74) is 2.74. The summed E-state index contributed by atoms with van der Waals surface area (Å²) in [6, 6.07) is 6.95. The third-order valence-corrected chi connectivity index (χ3v) is 4.53. The number of amides is 1. The highest BCUT2D eigenvalue weighted by Gasteiger charge is 2.33. The minimum atomic E-state index is -0.431. The number of esters is 1. The molecule has 6 nitrogen and oxygen atoms in total. The molecule has 0 unspecified atom stereocenters. The largest absolute Gasteiger partial charge is 0.466 e. The molecule has 0 saturated carbocycles. The number of carbonyl (C=O) groups is 2. The van der Waals surface area contributed by atoms with Crippen LogP contribution in [-0.2, 0) is 14.3 Å². The molecule has 0 fully saturated rings. The Labute approximate surface area is 153 Å². The van der Waals surface area contributed by atoms with Gasteiger partial charge >= 0.3 is 5.97 Å². The molecule has 1 aliphatic rings. The molecule has 0 aliphatic carbocycles. The van der Waals surface area contributed by atoms with Gasteiger partial charge in [-0.15, -0.1) is 0 Å². The lowest BCUT2D eigenvalue weighted by Crippen LogP contribution is -2.46. The maximum Gasteiger partial charge on any atom is 0.337 e. The van der Waals surface area contributed by atoms with Gasteiger partial charge in [-0.3, -0.25) is 4.79 Å². The number of allylic oxidation sites excluding steroid dienone is 1. The van der Waals surface area contributed by atoms with Gasteiger partial charge in [0.25, 0.3) is 0 Å². The topological polar surface area (TPSA) is 70.7 Å². The fourth-order valence-corrected chi connectivity index (χ4v) is 2.96. The van der Waals surface area contributed by atoms with E-state index in [2.05, 4.69) is 10.6 Å². The first kappa shape index (κ1) is 18.9. The zero-order chi connectivity index (χ0) is 18.6. The van der Waals surface area contributed by atoms with Gasteiger partial charge < -0.3 is 20.3 Å². The van der Waals surface area contributed by atoms with Crippen LogP contribution in [0.15, 0.2) is 35.5 Å². The lowest BCUT2D eigenvalue weighted by Gasteiger charge is -2.35. The van der Waals surface area contributed by atoms with Crippen LogP contribution in [0.3, 0.4) is 0 Å². The summed E-state index contributed by atoms with van der Waals surface area (Å²) in [6.45, 7) is 3.79. The third-order valence-electron chi connectivity index (χ3n) is 4.14. The number of nitrogens with zero attached hydrogens (tertiary/aromatic N) is 1. The zero-order valence-corrected chi connectivity index (χ0v) is 15.7. The summed E-state index contributed by atoms with van der Waals surface area (Å²) in [5, 5.41) is 6.56. The van der Waals surface area contributed by atoms with E-state index in [1.54, 1.807) is 11.9 Å². The van der Waals surface area contributed by atoms with E-state index in [0.29, 0.717) is 22.8 Å². The number of ether oxygens (including phenoxy) is 1. The zero-order valence-electron chi connectivity index (χ0n) is 14.9. The van der Waals surface area contributed by atoms with E-state index in [1.165, 1.54) is 7.11 Å². The van der Waals surface area contributed by atoms with Crippen molar-refractivity contribution in [3.05, 3.63) is 41.1 Å². The molecule has 1 amide bonds. The van der Waals surface area contributed by atoms with Crippen LogP contribution in [0.4, 0.5) is 5.69 Å². The molecule has 0 spiro atoms. The Balaban J connectivity index is 2.40. The number of hydrogen-bond acceptors (Lipinski definition) is 4. The van der Waals surface area contributed by atoms with Crippen molar-refractivity contribution in [3.63, 3.8) is 0 Å². The highest BCUT2D eigenvalue weighted by Crippen LogP contribution is 2.31. The molecular formula is C18H23N3O3S. The summed E-state index contributed by atoms with van der Waals surface area (Å²) < 4.78 is 4.95. The van der Waals surface area contributed by atoms with Crippen LogP contribution < -0.4 is 10.6 Å². The van der Waals surface area contributed by atoms with Crippen LogP contribution in [0.5, 0.6) is 0 Å². The van der Waals surface area contributed by atoms with Crippen LogP contribution in [-0.4, -0.2) is 36.0 Å². The van der Waals surface area contributed by atoms with Crippen molar-refractivity contribution >= 4 is 34.9 Å². The Hall–Kier alpha value is -2.41. The first-order valence-corrected chi connectivity index (χ1v) is 8.53. The van der Waals surface area contributed by atoms with E-state index in [0.717, 1.165) is 17.7 Å². The number of methoxy groups -OCH3 is 1. The predicted octanol–water partition coefficient (Wildman–Crippen LogP) is 2.73. The molecule has 1 aliphatic heterocycles. The Bertz CT molecular complexity index is 730. The Morgan fingerprint density at radius 2 is 2.12 bits per heavy atom. The van der Waals surface area contributed by atoms with Crippen molar-refractivity contribution in [2.24, 2.45) is 0 Å². The van der Waals surface area contributed by atoms with Gasteiger partial charge in [0, 0.05) is 24.9 Å². The number of anilines is 1. The maximum absolute atomic E-state index is 12.3. The molecule has 1 aromatic carbocycles. The Morgan fingerprint density at radius 3 is 2.76 bits per heavy atom. The van der Waals surface area contributed by atoms with Gasteiger partial charge in [-0.05, 0) is 43.3 Å². The summed E-state index contributed by atoms with van der Waals surface area (Å²) in [6.07, 6.45) is 1.25. The van der Waals surface area contributed by atoms with Gasteiger partial charge in [-0.2, -0.15) is 0 Å². The van der Waals surface area contributed by atoms with Crippen molar-refractivity contribution in [3.8, 4) is 0 Å². The summed E-state index contributed by atoms with van der Waals surface area (Å²) >= 11 is 5.35. The van der Waals surface area contributed by atoms with Crippen molar-refractivity contribution in [1.82, 2.24) is 10.2 Å². The number of thiocarbonyl (C=S) groups is 1. The van der Waals surface area contributed by atoms with Gasteiger partial charge in [-0.25, -0.2) is 4.79 Å². The minimum Gasteiger partial charge on any atom is -0.466 e. The average Bonchev–Trinajstić information content (AvgIpc) is 2.59. The molecule has 0 radical (unpaired) electrons. The summed E-state index contributed by atoms with van der Waals surface area (Å²) in [7, 11) is 3.15. The molecule has 0 saturated heterocycles. The Kier molecular flexibility index (Phi) is 6.14. The van der Waals surface area contributed by atoms with Gasteiger partial charge in [-0.1, -0.05) is 19.1 Å². The molecule has 0 bridgehead atoms. The van der Waals surface area contributed by atoms with Crippen LogP contribution in [0.1, 0.15) is 38.3 Å². The quantitative estimate of drug-likeness (QED) is 0.621. The number of hydrogen-bond donors (Lipinski definition) is 2. The van der Waals surface area contributed by atoms with Crippen LogP contribution in [0.25, 0.3) is 0 Å². The van der Waals surface area contributed by atoms with Crippen LogP contribution in [0.2, 0.25) is 0 Å². The van der Waals surface area contributed by atoms with E-state index in [1.807, 2.05) is 38.1 Å². The predicted molar refractivity (Wildman–Crippen MR) is 101 cm³/mol. The summed E-state index contributed by atoms with van der Waals surface area (Å²) in [5.74, 6) is -0.448. The second-order valence-corrected chi connectivity index (χ2v) is 6.24. The Morgan fingerprint density at radius 1 is 1.40 bits per heavy atom. The molecule has 2 rings (SSSR count). The van der Waals surface area contributed by atoms with Crippen molar-refractivity contribution < 1.29 is 14.3 Å². The highest BCUT2D eigenvalue weighted by molar-refractivity contribution is 7.80. The molecule has 2 N–H and O–H groups in total. The fraction of sp³-hybridized carbons (Fsp3) is 0.389. The van der Waals surface area contributed by atoms with Gasteiger partial charge in [0.2, 0.25) is 5.91 Å². The summed E-state index contributed by atoms with van der Waals surface area (Å²) in [4.78, 5) is 25.9. The average molecular weight is 361 g/mol. The number of nitrogens with one attached hydrogen (secondary N) is 2. The molecule has 0 aromatic heterocycles. The van der Waals surface area contributed by atoms with Gasteiger partial charge in [0.05, 0.1) is 18.7 Å². The van der Waals surface area contributed by atoms with Crippen LogP contribution in [0, 0.1) is 0 Å². The number of carbonyl (C=O) groups excluding carboxylic acids is 2. The van der Waals surface area contributed by atoms with Gasteiger partial charge in [0.15, 0.2) is 5.11 Å². The lowest BCUT2D eigenvalue weighted by atomic mass is 9.95. The van der Waals surface area contributed by atoms with E-state index >= 15 is 0 Å². The molecule has 1 heterocycles. The van der Waals surface area contributed by atoms with Crippen molar-refractivity contribution in [2.75, 3.05) is 19.5 Å². The lowest BCUT2D eigenvalue weighted by molar-refractivity contribution is -0.136. The highest BCUT2D eigenvalue weighted by atomic mass is 32.1. The second kappa shape index (κ2) is 8.11. The second-order valence-electron chi connectivity index (χ2n) is 5.86. The number of rotatable bonds is 5. The molecule has 7 heteroatoms. The molecular weight excluding hydrogens is 338 g/mol. The van der Waals surface area contributed by atoms with Crippen LogP contribution >= 0.6 is 12.2 Å². The normalized spacial score (nSPS) is 17.2. The maximum atomic E-state index is 12.3. The van der Waals surface area contributed by atoms with Crippen molar-refractivity contribution in [2.45, 2.75) is 32.7 Å². The standard InChI is InChI=1S/C18H23N3O3S/c1-5-7-14(22)19-13-9-6-8-12(10-13)16-15(17(23)24-4)11(2)21(3)18(25)20-16/h6,8-10,16H,5,7H2,1-4H3,(H,19,22)(H,20,25)/t16-/m0/s1. The minimum absolute atomic E-state index is 0.0357. The molecule has 1 atom stereocenters.